The Hall–Kier alpha value is -1.39. The number of hydrogen-bond donors (Lipinski definition) is 1. The zero-order valence-electron chi connectivity index (χ0n) is 15.2. The highest BCUT2D eigenvalue weighted by Crippen LogP contribution is 2.31. The van der Waals surface area contributed by atoms with Gasteiger partial charge in [-0.25, -0.2) is 4.98 Å². The highest BCUT2D eigenvalue weighted by Gasteiger charge is 2.20. The smallest absolute Gasteiger partial charge is 0.243 e. The Kier molecular flexibility index (Phi) is 7.09. The minimum absolute atomic E-state index is 0.0757. The number of benzene rings is 1. The number of rotatable bonds is 8. The second-order valence-electron chi connectivity index (χ2n) is 7.31. The molecule has 0 spiro atoms. The van der Waals surface area contributed by atoms with Crippen LogP contribution in [0.1, 0.15) is 50.0 Å². The number of amides is 1. The second kappa shape index (κ2) is 9.52. The zero-order chi connectivity index (χ0) is 18.4. The summed E-state index contributed by atoms with van der Waals surface area (Å²) in [4.78, 5) is 16.3. The molecule has 26 heavy (non-hydrogen) atoms. The first-order valence-electron chi connectivity index (χ1n) is 9.59. The molecule has 0 bridgehead atoms. The first kappa shape index (κ1) is 19.4. The van der Waals surface area contributed by atoms with E-state index in [1.54, 1.807) is 11.3 Å². The van der Waals surface area contributed by atoms with Gasteiger partial charge in [0.15, 0.2) is 0 Å². The van der Waals surface area contributed by atoms with Gasteiger partial charge in [-0.2, -0.15) is 0 Å². The zero-order valence-corrected chi connectivity index (χ0v) is 16.7. The monoisotopic (exact) mass is 390 g/mol. The summed E-state index contributed by atoms with van der Waals surface area (Å²) in [5.74, 6) is 1.23. The summed E-state index contributed by atoms with van der Waals surface area (Å²) in [5, 5.41) is 4.92. The van der Waals surface area contributed by atoms with Crippen molar-refractivity contribution in [3.63, 3.8) is 0 Å². The van der Waals surface area contributed by atoms with E-state index in [9.17, 15) is 4.79 Å². The first-order chi connectivity index (χ1) is 12.6. The van der Waals surface area contributed by atoms with E-state index in [1.165, 1.54) is 44.6 Å². The summed E-state index contributed by atoms with van der Waals surface area (Å²) in [5.41, 5.74) is 1.03. The summed E-state index contributed by atoms with van der Waals surface area (Å²) in [7, 11) is 0. The Bertz CT molecular complexity index is 752. The molecule has 1 saturated carbocycles. The van der Waals surface area contributed by atoms with Crippen molar-refractivity contribution in [2.75, 3.05) is 6.54 Å². The minimum Gasteiger partial charge on any atom is -0.352 e. The molecule has 0 saturated heterocycles. The molecule has 140 valence electrons. The summed E-state index contributed by atoms with van der Waals surface area (Å²) >= 11 is 7.81. The van der Waals surface area contributed by atoms with E-state index in [2.05, 4.69) is 11.9 Å². The van der Waals surface area contributed by atoms with Crippen LogP contribution < -0.4 is 5.32 Å². The van der Waals surface area contributed by atoms with Gasteiger partial charge in [0.1, 0.15) is 0 Å². The van der Waals surface area contributed by atoms with Crippen LogP contribution in [0, 0.1) is 11.8 Å². The quantitative estimate of drug-likeness (QED) is 0.581. The van der Waals surface area contributed by atoms with Crippen LogP contribution in [0.2, 0.25) is 5.02 Å². The van der Waals surface area contributed by atoms with Gasteiger partial charge in [0, 0.05) is 11.6 Å². The van der Waals surface area contributed by atoms with Crippen molar-refractivity contribution in [2.45, 2.75) is 51.4 Å². The van der Waals surface area contributed by atoms with Gasteiger partial charge in [-0.15, -0.1) is 11.3 Å². The van der Waals surface area contributed by atoms with Crippen LogP contribution in [0.4, 0.5) is 0 Å². The van der Waals surface area contributed by atoms with Gasteiger partial charge in [-0.3, -0.25) is 4.79 Å². The van der Waals surface area contributed by atoms with Gasteiger partial charge in [-0.1, -0.05) is 50.3 Å². The first-order valence-corrected chi connectivity index (χ1v) is 10.8. The van der Waals surface area contributed by atoms with E-state index in [4.69, 9.17) is 16.6 Å². The van der Waals surface area contributed by atoms with Gasteiger partial charge < -0.3 is 5.32 Å². The van der Waals surface area contributed by atoms with Crippen molar-refractivity contribution >= 4 is 39.1 Å². The Labute approximate surface area is 164 Å². The van der Waals surface area contributed by atoms with Gasteiger partial charge in [0.05, 0.1) is 15.2 Å². The van der Waals surface area contributed by atoms with Crippen molar-refractivity contribution < 1.29 is 4.79 Å². The standard InChI is InChI=1S/C21H27ClN2OS/c1-2-20(25)23-14-16(12-15-6-4-3-5-7-15)8-11-21-24-18-10-9-17(22)13-19(18)26-21/h2,9-10,13,15-16H,1,3-8,11-12,14H2,(H,23,25). The molecule has 2 aromatic rings. The van der Waals surface area contributed by atoms with Crippen molar-refractivity contribution in [3.8, 4) is 0 Å². The lowest BCUT2D eigenvalue weighted by Crippen LogP contribution is -2.29. The average Bonchev–Trinajstić information content (AvgIpc) is 3.06. The van der Waals surface area contributed by atoms with Crippen LogP contribution in [-0.2, 0) is 11.2 Å². The molecule has 1 N–H and O–H groups in total. The maximum absolute atomic E-state index is 11.6. The fourth-order valence-corrected chi connectivity index (χ4v) is 5.15. The molecule has 3 rings (SSSR count). The van der Waals surface area contributed by atoms with Crippen LogP contribution in [0.3, 0.4) is 0 Å². The van der Waals surface area contributed by atoms with Gasteiger partial charge in [0.2, 0.25) is 5.91 Å². The molecular weight excluding hydrogens is 364 g/mol. The Morgan fingerprint density at radius 1 is 1.38 bits per heavy atom. The number of nitrogens with one attached hydrogen (secondary N) is 1. The molecule has 1 aromatic heterocycles. The summed E-state index contributed by atoms with van der Waals surface area (Å²) in [6, 6.07) is 5.87. The van der Waals surface area contributed by atoms with E-state index in [1.807, 2.05) is 18.2 Å². The van der Waals surface area contributed by atoms with E-state index in [0.29, 0.717) is 5.92 Å². The van der Waals surface area contributed by atoms with Crippen molar-refractivity contribution in [1.29, 1.82) is 0 Å². The molecule has 1 atom stereocenters. The van der Waals surface area contributed by atoms with Crippen LogP contribution >= 0.6 is 22.9 Å². The number of carbonyl (C=O) groups is 1. The van der Waals surface area contributed by atoms with E-state index in [0.717, 1.165) is 45.6 Å². The molecule has 1 fully saturated rings. The Morgan fingerprint density at radius 2 is 2.19 bits per heavy atom. The molecule has 5 heteroatoms. The molecule has 1 aliphatic rings. The van der Waals surface area contributed by atoms with Gasteiger partial charge >= 0.3 is 0 Å². The van der Waals surface area contributed by atoms with Crippen LogP contribution in [0.15, 0.2) is 30.9 Å². The maximum Gasteiger partial charge on any atom is 0.243 e. The predicted octanol–water partition coefficient (Wildman–Crippen LogP) is 5.77. The van der Waals surface area contributed by atoms with Crippen molar-refractivity contribution in [2.24, 2.45) is 11.8 Å². The molecule has 1 aromatic carbocycles. The second-order valence-corrected chi connectivity index (χ2v) is 8.87. The van der Waals surface area contributed by atoms with E-state index in [-0.39, 0.29) is 5.91 Å². The van der Waals surface area contributed by atoms with Crippen LogP contribution in [0.5, 0.6) is 0 Å². The molecular formula is C21H27ClN2OS. The van der Waals surface area contributed by atoms with Crippen molar-refractivity contribution in [1.82, 2.24) is 10.3 Å². The van der Waals surface area contributed by atoms with Gasteiger partial charge in [0.25, 0.3) is 0 Å². The minimum atomic E-state index is -0.0757. The number of thiazole rings is 1. The molecule has 0 radical (unpaired) electrons. The summed E-state index contributed by atoms with van der Waals surface area (Å²) in [6.07, 6.45) is 11.3. The number of aromatic nitrogens is 1. The molecule has 1 aliphatic carbocycles. The highest BCUT2D eigenvalue weighted by atomic mass is 35.5. The lowest BCUT2D eigenvalue weighted by molar-refractivity contribution is -0.116. The number of halogens is 1. The van der Waals surface area contributed by atoms with Gasteiger partial charge in [-0.05, 0) is 55.4 Å². The topological polar surface area (TPSA) is 42.0 Å². The SMILES string of the molecule is C=CC(=O)NCC(CCc1nc2ccc(Cl)cc2s1)CC1CCCCC1. The highest BCUT2D eigenvalue weighted by molar-refractivity contribution is 7.18. The number of fused-ring (bicyclic) bond motifs is 1. The summed E-state index contributed by atoms with van der Waals surface area (Å²) in [6.45, 7) is 4.28. The Morgan fingerprint density at radius 3 is 2.96 bits per heavy atom. The molecule has 3 nitrogen and oxygen atoms in total. The van der Waals surface area contributed by atoms with Crippen molar-refractivity contribution in [3.05, 3.63) is 40.9 Å². The van der Waals surface area contributed by atoms with Crippen LogP contribution in [0.25, 0.3) is 10.2 Å². The third-order valence-electron chi connectivity index (χ3n) is 5.30. The lowest BCUT2D eigenvalue weighted by atomic mass is 9.81. The Balaban J connectivity index is 1.60. The maximum atomic E-state index is 11.6. The molecule has 1 heterocycles. The third kappa shape index (κ3) is 5.55. The fourth-order valence-electron chi connectivity index (χ4n) is 3.90. The average molecular weight is 391 g/mol. The number of hydrogen-bond acceptors (Lipinski definition) is 3. The van der Waals surface area contributed by atoms with Crippen LogP contribution in [-0.4, -0.2) is 17.4 Å². The third-order valence-corrected chi connectivity index (χ3v) is 6.62. The number of carbonyl (C=O) groups excluding carboxylic acids is 1. The molecule has 1 amide bonds. The number of aryl methyl sites for hydroxylation is 1. The fraction of sp³-hybridized carbons (Fsp3) is 0.524. The predicted molar refractivity (Wildman–Crippen MR) is 111 cm³/mol. The van der Waals surface area contributed by atoms with E-state index >= 15 is 0 Å². The summed E-state index contributed by atoms with van der Waals surface area (Å²) < 4.78 is 1.15. The normalized spacial score (nSPS) is 16.5. The lowest BCUT2D eigenvalue weighted by Gasteiger charge is -2.26. The molecule has 0 aliphatic heterocycles. The van der Waals surface area contributed by atoms with E-state index < -0.39 is 0 Å². The molecule has 1 unspecified atom stereocenters. The number of nitrogens with zero attached hydrogens (tertiary/aromatic N) is 1. The largest absolute Gasteiger partial charge is 0.352 e.